The second-order valence-corrected chi connectivity index (χ2v) is 7.96. The fraction of sp³-hybridized carbons (Fsp3) is 0.667. The molecule has 1 unspecified atom stereocenters. The summed E-state index contributed by atoms with van der Waals surface area (Å²) in [6.07, 6.45) is 1.60. The molecular weight excluding hydrogens is 300 g/mol. The summed E-state index contributed by atoms with van der Waals surface area (Å²) in [6.45, 7) is 0.628. The number of nitrogens with one attached hydrogen (secondary N) is 1. The largest absolute Gasteiger partial charge is 0.469 e. The molecule has 1 aromatic rings. The van der Waals surface area contributed by atoms with Gasteiger partial charge in [-0.2, -0.15) is 0 Å². The van der Waals surface area contributed by atoms with Crippen molar-refractivity contribution < 1.29 is 17.9 Å². The third-order valence-electron chi connectivity index (χ3n) is 3.23. The molecule has 0 spiro atoms. The fourth-order valence-electron chi connectivity index (χ4n) is 2.10. The molecule has 0 saturated carbocycles. The highest BCUT2D eigenvalue weighted by Crippen LogP contribution is 2.21. The first-order chi connectivity index (χ1) is 9.48. The molecule has 20 heavy (non-hydrogen) atoms. The van der Waals surface area contributed by atoms with E-state index in [1.165, 1.54) is 18.4 Å². The van der Waals surface area contributed by atoms with E-state index in [4.69, 9.17) is 0 Å². The minimum atomic E-state index is -2.82. The summed E-state index contributed by atoms with van der Waals surface area (Å²) in [4.78, 5) is 15.4. The number of hydrogen-bond donors (Lipinski definition) is 1. The van der Waals surface area contributed by atoms with Gasteiger partial charge in [0.1, 0.15) is 0 Å². The van der Waals surface area contributed by atoms with Crippen LogP contribution in [0.3, 0.4) is 0 Å². The second-order valence-electron chi connectivity index (χ2n) is 4.87. The molecule has 0 bridgehead atoms. The van der Waals surface area contributed by atoms with Gasteiger partial charge in [-0.3, -0.25) is 4.79 Å². The highest BCUT2D eigenvalue weighted by atomic mass is 32.2. The Hall–Kier alpha value is -1.15. The Bertz CT molecular complexity index is 568. The lowest BCUT2D eigenvalue weighted by Gasteiger charge is -2.07. The van der Waals surface area contributed by atoms with Crippen molar-refractivity contribution in [1.29, 1.82) is 0 Å². The first kappa shape index (κ1) is 15.2. The molecule has 8 heteroatoms. The number of aromatic nitrogens is 1. The number of thiazole rings is 1. The molecule has 0 aromatic carbocycles. The summed E-state index contributed by atoms with van der Waals surface area (Å²) in [5.74, 6) is 0.480. The van der Waals surface area contributed by atoms with Gasteiger partial charge >= 0.3 is 5.97 Å². The van der Waals surface area contributed by atoms with Crippen molar-refractivity contribution in [2.24, 2.45) is 5.92 Å². The average molecular weight is 318 g/mol. The maximum Gasteiger partial charge on any atom is 0.305 e. The number of methoxy groups -OCH3 is 1. The van der Waals surface area contributed by atoms with E-state index in [1.54, 1.807) is 0 Å². The molecule has 112 valence electrons. The normalized spacial score (nSPS) is 20.8. The minimum Gasteiger partial charge on any atom is -0.469 e. The topological polar surface area (TPSA) is 85.4 Å². The van der Waals surface area contributed by atoms with E-state index in [2.05, 4.69) is 15.0 Å². The van der Waals surface area contributed by atoms with Gasteiger partial charge in [-0.05, 0) is 12.3 Å². The van der Waals surface area contributed by atoms with Crippen molar-refractivity contribution in [2.75, 3.05) is 30.5 Å². The van der Waals surface area contributed by atoms with Crippen molar-refractivity contribution in [3.63, 3.8) is 0 Å². The second kappa shape index (κ2) is 6.53. The van der Waals surface area contributed by atoms with Crippen LogP contribution >= 0.6 is 11.3 Å². The van der Waals surface area contributed by atoms with Crippen LogP contribution in [-0.2, 0) is 25.8 Å². The lowest BCUT2D eigenvalue weighted by Crippen LogP contribution is -2.15. The summed E-state index contributed by atoms with van der Waals surface area (Å²) >= 11 is 1.47. The number of nitrogens with zero attached hydrogens (tertiary/aromatic N) is 1. The van der Waals surface area contributed by atoms with E-state index in [-0.39, 0.29) is 17.6 Å². The van der Waals surface area contributed by atoms with E-state index in [0.717, 1.165) is 17.2 Å². The summed E-state index contributed by atoms with van der Waals surface area (Å²) in [6, 6.07) is 0. The molecular formula is C12H18N2O4S2. The first-order valence-corrected chi connectivity index (χ1v) is 9.14. The van der Waals surface area contributed by atoms with E-state index < -0.39 is 9.84 Å². The van der Waals surface area contributed by atoms with Crippen molar-refractivity contribution in [1.82, 2.24) is 4.98 Å². The highest BCUT2D eigenvalue weighted by Gasteiger charge is 2.27. The van der Waals surface area contributed by atoms with Crippen LogP contribution in [0.25, 0.3) is 0 Å². The van der Waals surface area contributed by atoms with Gasteiger partial charge in [-0.15, -0.1) is 11.3 Å². The highest BCUT2D eigenvalue weighted by molar-refractivity contribution is 7.91. The predicted molar refractivity (Wildman–Crippen MR) is 77.7 cm³/mol. The van der Waals surface area contributed by atoms with Crippen molar-refractivity contribution in [3.05, 3.63) is 11.1 Å². The Morgan fingerprint density at radius 1 is 1.60 bits per heavy atom. The zero-order valence-electron chi connectivity index (χ0n) is 11.3. The van der Waals surface area contributed by atoms with Crippen molar-refractivity contribution in [3.8, 4) is 0 Å². The molecule has 1 aliphatic rings. The van der Waals surface area contributed by atoms with Crippen molar-refractivity contribution >= 4 is 32.3 Å². The van der Waals surface area contributed by atoms with Crippen LogP contribution in [0.2, 0.25) is 0 Å². The fourth-order valence-corrected chi connectivity index (χ4v) is 4.72. The lowest BCUT2D eigenvalue weighted by molar-refractivity contribution is -0.140. The summed E-state index contributed by atoms with van der Waals surface area (Å²) < 4.78 is 27.3. The predicted octanol–water partition coefficient (Wildman–Crippen LogP) is 1.10. The monoisotopic (exact) mass is 318 g/mol. The van der Waals surface area contributed by atoms with Gasteiger partial charge in [0.25, 0.3) is 0 Å². The first-order valence-electron chi connectivity index (χ1n) is 6.44. The van der Waals surface area contributed by atoms with Crippen LogP contribution < -0.4 is 5.32 Å². The van der Waals surface area contributed by atoms with Crippen LogP contribution in [0.15, 0.2) is 5.38 Å². The molecule has 1 aliphatic heterocycles. The number of aryl methyl sites for hydroxylation is 1. The quantitative estimate of drug-likeness (QED) is 0.791. The van der Waals surface area contributed by atoms with E-state index >= 15 is 0 Å². The van der Waals surface area contributed by atoms with Crippen LogP contribution in [0.5, 0.6) is 0 Å². The maximum absolute atomic E-state index is 11.3. The minimum absolute atomic E-state index is 0.169. The maximum atomic E-state index is 11.3. The van der Waals surface area contributed by atoms with E-state index in [0.29, 0.717) is 25.1 Å². The van der Waals surface area contributed by atoms with E-state index in [9.17, 15) is 13.2 Å². The van der Waals surface area contributed by atoms with Gasteiger partial charge in [-0.25, -0.2) is 13.4 Å². The standard InChI is InChI=1S/C12H18N2O4S2/c1-18-11(15)3-2-10-7-19-12(14-10)13-6-9-4-5-20(16,17)8-9/h7,9H,2-6,8H2,1H3,(H,13,14). The van der Waals surface area contributed by atoms with Crippen LogP contribution in [0.1, 0.15) is 18.5 Å². The molecule has 6 nitrogen and oxygen atoms in total. The molecule has 1 atom stereocenters. The van der Waals surface area contributed by atoms with Crippen LogP contribution in [0.4, 0.5) is 5.13 Å². The smallest absolute Gasteiger partial charge is 0.305 e. The Morgan fingerprint density at radius 2 is 2.40 bits per heavy atom. The van der Waals surface area contributed by atoms with Crippen LogP contribution in [-0.4, -0.2) is 44.5 Å². The molecule has 1 fully saturated rings. The molecule has 0 radical (unpaired) electrons. The lowest BCUT2D eigenvalue weighted by atomic mass is 10.1. The van der Waals surface area contributed by atoms with E-state index in [1.807, 2.05) is 5.38 Å². The number of carbonyl (C=O) groups excluding carboxylic acids is 1. The number of esters is 1. The molecule has 2 heterocycles. The number of ether oxygens (including phenoxy) is 1. The van der Waals surface area contributed by atoms with Gasteiger partial charge in [0, 0.05) is 18.3 Å². The zero-order chi connectivity index (χ0) is 14.6. The zero-order valence-corrected chi connectivity index (χ0v) is 12.9. The van der Waals surface area contributed by atoms with Gasteiger partial charge < -0.3 is 10.1 Å². The number of sulfone groups is 1. The molecule has 0 aliphatic carbocycles. The molecule has 0 amide bonds. The third-order valence-corrected chi connectivity index (χ3v) is 5.92. The van der Waals surface area contributed by atoms with Crippen molar-refractivity contribution in [2.45, 2.75) is 19.3 Å². The average Bonchev–Trinajstić information content (AvgIpc) is 3.00. The molecule has 1 saturated heterocycles. The van der Waals surface area contributed by atoms with Gasteiger partial charge in [0.05, 0.1) is 30.7 Å². The number of hydrogen-bond acceptors (Lipinski definition) is 7. The molecule has 1 N–H and O–H groups in total. The Labute approximate surface area is 122 Å². The van der Waals surface area contributed by atoms with Gasteiger partial charge in [-0.1, -0.05) is 0 Å². The molecule has 1 aromatic heterocycles. The summed E-state index contributed by atoms with van der Waals surface area (Å²) in [5.41, 5.74) is 0.849. The number of carbonyl (C=O) groups is 1. The van der Waals surface area contributed by atoms with Gasteiger partial charge in [0.2, 0.25) is 0 Å². The SMILES string of the molecule is COC(=O)CCc1csc(NCC2CCS(=O)(=O)C2)n1. The number of rotatable bonds is 6. The summed E-state index contributed by atoms with van der Waals surface area (Å²) in [7, 11) is -1.46. The Balaban J connectivity index is 1.77. The summed E-state index contributed by atoms with van der Waals surface area (Å²) in [5, 5.41) is 5.85. The third kappa shape index (κ3) is 4.45. The number of anilines is 1. The van der Waals surface area contributed by atoms with Gasteiger partial charge in [0.15, 0.2) is 15.0 Å². The molecule has 2 rings (SSSR count). The Morgan fingerprint density at radius 3 is 3.05 bits per heavy atom. The van der Waals surface area contributed by atoms with Crippen LogP contribution in [0, 0.1) is 5.92 Å². The Kier molecular flexibility index (Phi) is 4.98.